The highest BCUT2D eigenvalue weighted by molar-refractivity contribution is 5.11. The molecule has 19 heavy (non-hydrogen) atoms. The maximum Gasteiger partial charge on any atom is 0.233 e. The van der Waals surface area contributed by atoms with E-state index in [0.29, 0.717) is 18.5 Å². The molecular formula is C14H26N4O. The highest BCUT2D eigenvalue weighted by Crippen LogP contribution is 2.05. The van der Waals surface area contributed by atoms with Gasteiger partial charge in [0.15, 0.2) is 0 Å². The molecular weight excluding hydrogens is 240 g/mol. The highest BCUT2D eigenvalue weighted by atomic mass is 16.5. The first-order valence-electron chi connectivity index (χ1n) is 7.06. The van der Waals surface area contributed by atoms with Crippen molar-refractivity contribution < 1.29 is 4.74 Å². The van der Waals surface area contributed by atoms with E-state index in [-0.39, 0.29) is 0 Å². The minimum absolute atomic E-state index is 0.451. The van der Waals surface area contributed by atoms with Crippen LogP contribution < -0.4 is 10.1 Å². The van der Waals surface area contributed by atoms with Crippen LogP contribution in [0, 0.1) is 0 Å². The number of aromatic nitrogens is 2. The van der Waals surface area contributed by atoms with Crippen LogP contribution >= 0.6 is 0 Å². The standard InChI is InChI=1S/C14H26N4O/c1-5-18(6-2)9-10-19-14-8-7-13(16-17-14)11-15-12(3)4/h7-8,12,15H,5-6,9-11H2,1-4H3. The molecule has 0 bridgehead atoms. The van der Waals surface area contributed by atoms with Gasteiger partial charge in [0, 0.05) is 25.2 Å². The van der Waals surface area contributed by atoms with Crippen molar-refractivity contribution in [1.29, 1.82) is 0 Å². The molecule has 1 aromatic rings. The monoisotopic (exact) mass is 266 g/mol. The van der Waals surface area contributed by atoms with Gasteiger partial charge < -0.3 is 15.0 Å². The van der Waals surface area contributed by atoms with Crippen molar-refractivity contribution in [3.8, 4) is 5.88 Å². The molecule has 0 fully saturated rings. The smallest absolute Gasteiger partial charge is 0.233 e. The third-order valence-corrected chi connectivity index (χ3v) is 2.94. The highest BCUT2D eigenvalue weighted by Gasteiger charge is 2.02. The molecule has 1 rings (SSSR count). The van der Waals surface area contributed by atoms with Crippen LogP contribution in [0.25, 0.3) is 0 Å². The minimum Gasteiger partial charge on any atom is -0.475 e. The molecule has 1 aromatic heterocycles. The summed E-state index contributed by atoms with van der Waals surface area (Å²) in [5.41, 5.74) is 0.935. The third kappa shape index (κ3) is 6.50. The van der Waals surface area contributed by atoms with Gasteiger partial charge in [0.1, 0.15) is 6.61 Å². The fourth-order valence-electron chi connectivity index (χ4n) is 1.65. The van der Waals surface area contributed by atoms with Gasteiger partial charge in [-0.05, 0) is 19.2 Å². The quantitative estimate of drug-likeness (QED) is 0.737. The molecule has 0 aliphatic heterocycles. The molecule has 5 heteroatoms. The van der Waals surface area contributed by atoms with E-state index in [1.165, 1.54) is 0 Å². The number of nitrogens with zero attached hydrogens (tertiary/aromatic N) is 3. The number of likely N-dealkylation sites (N-methyl/N-ethyl adjacent to an activating group) is 1. The fourth-order valence-corrected chi connectivity index (χ4v) is 1.65. The number of hydrogen-bond donors (Lipinski definition) is 1. The fraction of sp³-hybridized carbons (Fsp3) is 0.714. The average Bonchev–Trinajstić information content (AvgIpc) is 2.42. The molecule has 0 aliphatic rings. The second-order valence-electron chi connectivity index (χ2n) is 4.77. The first-order chi connectivity index (χ1) is 9.15. The lowest BCUT2D eigenvalue weighted by atomic mass is 10.3. The second kappa shape index (κ2) is 8.82. The van der Waals surface area contributed by atoms with Gasteiger partial charge in [-0.25, -0.2) is 0 Å². The number of nitrogens with one attached hydrogen (secondary N) is 1. The maximum absolute atomic E-state index is 5.59. The van der Waals surface area contributed by atoms with Crippen molar-refractivity contribution >= 4 is 0 Å². The van der Waals surface area contributed by atoms with E-state index >= 15 is 0 Å². The molecule has 0 aromatic carbocycles. The Balaban J connectivity index is 2.31. The van der Waals surface area contributed by atoms with E-state index in [1.807, 2.05) is 12.1 Å². The summed E-state index contributed by atoms with van der Waals surface area (Å²) in [5, 5.41) is 11.5. The molecule has 0 amide bonds. The van der Waals surface area contributed by atoms with Gasteiger partial charge in [0.2, 0.25) is 5.88 Å². The summed E-state index contributed by atoms with van der Waals surface area (Å²) >= 11 is 0. The van der Waals surface area contributed by atoms with Gasteiger partial charge in [-0.3, -0.25) is 0 Å². The summed E-state index contributed by atoms with van der Waals surface area (Å²) in [5.74, 6) is 0.598. The van der Waals surface area contributed by atoms with Gasteiger partial charge in [0.25, 0.3) is 0 Å². The molecule has 0 atom stereocenters. The molecule has 1 heterocycles. The molecule has 0 saturated heterocycles. The van der Waals surface area contributed by atoms with Gasteiger partial charge >= 0.3 is 0 Å². The van der Waals surface area contributed by atoms with Gasteiger partial charge in [0.05, 0.1) is 5.69 Å². The summed E-state index contributed by atoms with van der Waals surface area (Å²) < 4.78 is 5.59. The Bertz CT molecular complexity index is 336. The molecule has 5 nitrogen and oxygen atoms in total. The van der Waals surface area contributed by atoms with Crippen LogP contribution in [0.4, 0.5) is 0 Å². The minimum atomic E-state index is 0.451. The molecule has 108 valence electrons. The van der Waals surface area contributed by atoms with Gasteiger partial charge in [-0.1, -0.05) is 27.7 Å². The summed E-state index contributed by atoms with van der Waals surface area (Å²) in [6.07, 6.45) is 0. The molecule has 0 spiro atoms. The Morgan fingerprint density at radius 2 is 1.95 bits per heavy atom. The van der Waals surface area contributed by atoms with Crippen molar-refractivity contribution in [2.45, 2.75) is 40.3 Å². The molecule has 0 saturated carbocycles. The van der Waals surface area contributed by atoms with Crippen LogP contribution in [0.1, 0.15) is 33.4 Å². The lowest BCUT2D eigenvalue weighted by Gasteiger charge is -2.17. The summed E-state index contributed by atoms with van der Waals surface area (Å²) in [6.45, 7) is 12.9. The summed E-state index contributed by atoms with van der Waals surface area (Å²) in [4.78, 5) is 2.31. The Morgan fingerprint density at radius 1 is 1.21 bits per heavy atom. The number of ether oxygens (including phenoxy) is 1. The number of hydrogen-bond acceptors (Lipinski definition) is 5. The number of rotatable bonds is 9. The van der Waals surface area contributed by atoms with Crippen molar-refractivity contribution in [2.24, 2.45) is 0 Å². The first-order valence-corrected chi connectivity index (χ1v) is 7.06. The van der Waals surface area contributed by atoms with E-state index in [0.717, 1.165) is 31.9 Å². The zero-order valence-electron chi connectivity index (χ0n) is 12.5. The lowest BCUT2D eigenvalue weighted by molar-refractivity contribution is 0.216. The van der Waals surface area contributed by atoms with E-state index in [2.05, 4.69) is 48.1 Å². The molecule has 0 radical (unpaired) electrons. The van der Waals surface area contributed by atoms with Gasteiger partial charge in [-0.2, -0.15) is 5.10 Å². The Labute approximate surface area is 116 Å². The Kier molecular flexibility index (Phi) is 7.36. The summed E-state index contributed by atoms with van der Waals surface area (Å²) in [6, 6.07) is 4.29. The predicted octanol–water partition coefficient (Wildman–Crippen LogP) is 1.70. The summed E-state index contributed by atoms with van der Waals surface area (Å²) in [7, 11) is 0. The van der Waals surface area contributed by atoms with Crippen LogP contribution in [0.3, 0.4) is 0 Å². The lowest BCUT2D eigenvalue weighted by Crippen LogP contribution is -2.28. The van der Waals surface area contributed by atoms with Crippen molar-refractivity contribution in [1.82, 2.24) is 20.4 Å². The molecule has 0 unspecified atom stereocenters. The van der Waals surface area contributed by atoms with E-state index in [1.54, 1.807) is 0 Å². The van der Waals surface area contributed by atoms with Crippen LogP contribution in [0.2, 0.25) is 0 Å². The predicted molar refractivity (Wildman–Crippen MR) is 77.3 cm³/mol. The van der Waals surface area contributed by atoms with Crippen LogP contribution in [-0.4, -0.2) is 47.4 Å². The molecule has 1 N–H and O–H groups in total. The first kappa shape index (κ1) is 15.9. The normalized spacial score (nSPS) is 11.3. The SMILES string of the molecule is CCN(CC)CCOc1ccc(CNC(C)C)nn1. The Hall–Kier alpha value is -1.20. The van der Waals surface area contributed by atoms with E-state index in [9.17, 15) is 0 Å². The molecule has 0 aliphatic carbocycles. The van der Waals surface area contributed by atoms with Crippen molar-refractivity contribution in [2.75, 3.05) is 26.2 Å². The van der Waals surface area contributed by atoms with Crippen LogP contribution in [-0.2, 0) is 6.54 Å². The average molecular weight is 266 g/mol. The largest absolute Gasteiger partial charge is 0.475 e. The van der Waals surface area contributed by atoms with E-state index in [4.69, 9.17) is 4.74 Å². The zero-order chi connectivity index (χ0) is 14.1. The van der Waals surface area contributed by atoms with Crippen molar-refractivity contribution in [3.05, 3.63) is 17.8 Å². The third-order valence-electron chi connectivity index (χ3n) is 2.94. The zero-order valence-corrected chi connectivity index (χ0v) is 12.5. The van der Waals surface area contributed by atoms with Crippen LogP contribution in [0.5, 0.6) is 5.88 Å². The Morgan fingerprint density at radius 3 is 2.47 bits per heavy atom. The maximum atomic E-state index is 5.59. The van der Waals surface area contributed by atoms with Crippen molar-refractivity contribution in [3.63, 3.8) is 0 Å². The van der Waals surface area contributed by atoms with E-state index < -0.39 is 0 Å². The second-order valence-corrected chi connectivity index (χ2v) is 4.77. The topological polar surface area (TPSA) is 50.3 Å². The van der Waals surface area contributed by atoms with Crippen LogP contribution in [0.15, 0.2) is 12.1 Å². The van der Waals surface area contributed by atoms with Gasteiger partial charge in [-0.15, -0.1) is 5.10 Å².